The lowest BCUT2D eigenvalue weighted by Gasteiger charge is -2.15. The fourth-order valence-electron chi connectivity index (χ4n) is 4.10. The molecule has 0 atom stereocenters. The van der Waals surface area contributed by atoms with E-state index in [1.807, 2.05) is 48.5 Å². The van der Waals surface area contributed by atoms with Gasteiger partial charge in [0.1, 0.15) is 24.5 Å². The van der Waals surface area contributed by atoms with Gasteiger partial charge in [0.2, 0.25) is 5.91 Å². The highest BCUT2D eigenvalue weighted by Gasteiger charge is 2.12. The zero-order valence-corrected chi connectivity index (χ0v) is 23.2. The Morgan fingerprint density at radius 1 is 1.05 bits per heavy atom. The number of benzene rings is 2. The first kappa shape index (κ1) is 29.0. The Labute approximate surface area is 243 Å². The molecule has 0 fully saturated rings. The smallest absolute Gasteiger partial charge is 0.216 e. The molecule has 204 valence electrons. The molecule has 8 nitrogen and oxygen atoms in total. The van der Waals surface area contributed by atoms with Crippen LogP contribution in [0.2, 0.25) is 5.02 Å². The number of carbonyl (C=O) groups excluding carboxylic acids is 1. The third-order valence-electron chi connectivity index (χ3n) is 6.09. The third kappa shape index (κ3) is 8.00. The van der Waals surface area contributed by atoms with Crippen LogP contribution in [-0.4, -0.2) is 29.0 Å². The maximum absolute atomic E-state index is 11.1. The third-order valence-corrected chi connectivity index (χ3v) is 6.41. The van der Waals surface area contributed by atoms with Crippen molar-refractivity contribution in [3.8, 4) is 29.0 Å². The van der Waals surface area contributed by atoms with Crippen LogP contribution in [0.5, 0.6) is 5.75 Å². The first-order valence-corrected chi connectivity index (χ1v) is 13.2. The topological polar surface area (TPSA) is 124 Å². The Balaban J connectivity index is 1.61. The van der Waals surface area contributed by atoms with E-state index in [4.69, 9.17) is 16.3 Å². The molecule has 0 aliphatic rings. The highest BCUT2D eigenvalue weighted by Crippen LogP contribution is 2.31. The van der Waals surface area contributed by atoms with E-state index in [1.165, 1.54) is 13.1 Å². The highest BCUT2D eigenvalue weighted by molar-refractivity contribution is 6.32. The van der Waals surface area contributed by atoms with Gasteiger partial charge in [0, 0.05) is 66.9 Å². The molecule has 0 radical (unpaired) electrons. The van der Waals surface area contributed by atoms with Gasteiger partial charge in [0.25, 0.3) is 0 Å². The van der Waals surface area contributed by atoms with Crippen LogP contribution >= 0.6 is 11.6 Å². The van der Waals surface area contributed by atoms with Crippen molar-refractivity contribution in [1.82, 2.24) is 20.6 Å². The normalized spacial score (nSPS) is 10.6. The number of nitrogens with one attached hydrogen (secondary N) is 2. The average Bonchev–Trinajstić information content (AvgIpc) is 3.00. The lowest BCUT2D eigenvalue weighted by Crippen LogP contribution is -2.30. The molecule has 4 rings (SSSR count). The Hall–Kier alpha value is -5.02. The van der Waals surface area contributed by atoms with Gasteiger partial charge in [-0.25, -0.2) is 0 Å². The number of carbonyl (C=O) groups is 1. The summed E-state index contributed by atoms with van der Waals surface area (Å²) >= 11 is 6.68. The average molecular weight is 563 g/mol. The number of pyridine rings is 2. The van der Waals surface area contributed by atoms with Gasteiger partial charge in [-0.2, -0.15) is 10.5 Å². The van der Waals surface area contributed by atoms with Crippen LogP contribution in [0.1, 0.15) is 40.4 Å². The van der Waals surface area contributed by atoms with Crippen LogP contribution in [0.15, 0.2) is 73.2 Å². The molecule has 1 amide bonds. The lowest BCUT2D eigenvalue weighted by atomic mass is 9.99. The number of ether oxygens (including phenoxy) is 1. The van der Waals surface area contributed by atoms with Crippen molar-refractivity contribution in [2.24, 2.45) is 0 Å². The maximum Gasteiger partial charge on any atom is 0.216 e. The van der Waals surface area contributed by atoms with E-state index in [0.717, 1.165) is 22.3 Å². The van der Waals surface area contributed by atoms with E-state index in [0.29, 0.717) is 52.8 Å². The van der Waals surface area contributed by atoms with E-state index in [9.17, 15) is 15.3 Å². The molecular formula is C32H27ClN6O2. The van der Waals surface area contributed by atoms with Crippen LogP contribution in [0.25, 0.3) is 23.3 Å². The van der Waals surface area contributed by atoms with E-state index >= 15 is 0 Å². The molecule has 0 aliphatic carbocycles. The van der Waals surface area contributed by atoms with Crippen molar-refractivity contribution in [1.29, 1.82) is 10.5 Å². The monoisotopic (exact) mass is 562 g/mol. The molecule has 0 unspecified atom stereocenters. The van der Waals surface area contributed by atoms with Crippen molar-refractivity contribution in [3.05, 3.63) is 112 Å². The van der Waals surface area contributed by atoms with Gasteiger partial charge in [0.15, 0.2) is 0 Å². The Morgan fingerprint density at radius 2 is 1.88 bits per heavy atom. The van der Waals surface area contributed by atoms with Gasteiger partial charge < -0.3 is 15.4 Å². The molecule has 2 heterocycles. The van der Waals surface area contributed by atoms with Crippen molar-refractivity contribution in [3.63, 3.8) is 0 Å². The Bertz CT molecular complexity index is 1640. The van der Waals surface area contributed by atoms with E-state index in [2.05, 4.69) is 32.7 Å². The van der Waals surface area contributed by atoms with Crippen LogP contribution in [0, 0.1) is 22.7 Å². The maximum atomic E-state index is 11.1. The standard InChI is InChI=1S/C32H27ClN6O2/c1-22(40)38-12-11-36-20-27-14-30(33)26(15-32(27)41-21-24-13-23(16-34)18-37-19-24)7-8-31-29(17-35)28(9-10-39-31)25-5-3-2-4-6-25/h2-10,13-15,18-19,36H,11-12,20-21H2,1H3,(H,38,40). The van der Waals surface area contributed by atoms with E-state index in [-0.39, 0.29) is 12.5 Å². The molecule has 9 heteroatoms. The van der Waals surface area contributed by atoms with Gasteiger partial charge >= 0.3 is 0 Å². The second-order valence-corrected chi connectivity index (χ2v) is 9.46. The lowest BCUT2D eigenvalue weighted by molar-refractivity contribution is -0.118. The van der Waals surface area contributed by atoms with Gasteiger partial charge in [-0.05, 0) is 41.5 Å². The van der Waals surface area contributed by atoms with Crippen molar-refractivity contribution in [2.75, 3.05) is 13.1 Å². The number of aromatic nitrogens is 2. The Morgan fingerprint density at radius 3 is 2.63 bits per heavy atom. The summed E-state index contributed by atoms with van der Waals surface area (Å²) in [6, 6.07) is 21.3. The molecule has 2 aromatic carbocycles. The van der Waals surface area contributed by atoms with E-state index < -0.39 is 0 Å². The minimum absolute atomic E-state index is 0.0911. The van der Waals surface area contributed by atoms with Gasteiger partial charge in [-0.3, -0.25) is 14.8 Å². The fourth-order valence-corrected chi connectivity index (χ4v) is 4.35. The number of nitriles is 2. The highest BCUT2D eigenvalue weighted by atomic mass is 35.5. The molecule has 41 heavy (non-hydrogen) atoms. The van der Waals surface area contributed by atoms with Gasteiger partial charge in [-0.1, -0.05) is 48.0 Å². The van der Waals surface area contributed by atoms with Crippen LogP contribution in [-0.2, 0) is 17.9 Å². The minimum Gasteiger partial charge on any atom is -0.488 e. The number of hydrogen-bond donors (Lipinski definition) is 2. The quantitative estimate of drug-likeness (QED) is 0.231. The second-order valence-electron chi connectivity index (χ2n) is 9.05. The zero-order chi connectivity index (χ0) is 29.0. The predicted octanol–water partition coefficient (Wildman–Crippen LogP) is 5.52. The molecule has 2 aromatic heterocycles. The molecule has 0 spiro atoms. The van der Waals surface area contributed by atoms with Crippen LogP contribution < -0.4 is 15.4 Å². The second kappa shape index (κ2) is 14.4. The molecule has 4 aromatic rings. The predicted molar refractivity (Wildman–Crippen MR) is 158 cm³/mol. The number of nitrogens with zero attached hydrogens (tertiary/aromatic N) is 4. The van der Waals surface area contributed by atoms with Crippen molar-refractivity contribution < 1.29 is 9.53 Å². The van der Waals surface area contributed by atoms with Crippen LogP contribution in [0.4, 0.5) is 0 Å². The van der Waals surface area contributed by atoms with Gasteiger partial charge in [-0.15, -0.1) is 0 Å². The summed E-state index contributed by atoms with van der Waals surface area (Å²) < 4.78 is 6.17. The summed E-state index contributed by atoms with van der Waals surface area (Å²) in [5.74, 6) is 0.501. The molecule has 0 saturated heterocycles. The summed E-state index contributed by atoms with van der Waals surface area (Å²) in [7, 11) is 0. The minimum atomic E-state index is -0.0911. The van der Waals surface area contributed by atoms with E-state index in [1.54, 1.807) is 30.6 Å². The summed E-state index contributed by atoms with van der Waals surface area (Å²) in [5, 5.41) is 25.7. The molecule has 0 saturated carbocycles. The number of halogens is 1. The molecule has 0 bridgehead atoms. The van der Waals surface area contributed by atoms with Crippen molar-refractivity contribution >= 4 is 29.7 Å². The van der Waals surface area contributed by atoms with Gasteiger partial charge in [0.05, 0.1) is 16.8 Å². The molecule has 0 aliphatic heterocycles. The Kier molecular flexibility index (Phi) is 10.2. The first-order valence-electron chi connectivity index (χ1n) is 12.9. The summed E-state index contributed by atoms with van der Waals surface area (Å²) in [4.78, 5) is 19.7. The number of amides is 1. The number of rotatable bonds is 11. The zero-order valence-electron chi connectivity index (χ0n) is 22.4. The summed E-state index contributed by atoms with van der Waals surface area (Å²) in [6.07, 6.45) is 8.39. The SMILES string of the molecule is CC(=O)NCCNCc1cc(Cl)c(C=Cc2nccc(-c3ccccc3)c2C#N)cc1OCc1cncc(C#N)c1. The molecular weight excluding hydrogens is 536 g/mol. The van der Waals surface area contributed by atoms with Crippen LogP contribution in [0.3, 0.4) is 0 Å². The summed E-state index contributed by atoms with van der Waals surface area (Å²) in [6.45, 7) is 3.18. The largest absolute Gasteiger partial charge is 0.488 e. The molecule has 2 N–H and O–H groups in total. The number of hydrogen-bond acceptors (Lipinski definition) is 7. The fraction of sp³-hybridized carbons (Fsp3) is 0.156. The summed E-state index contributed by atoms with van der Waals surface area (Å²) in [5.41, 5.74) is 5.42. The van der Waals surface area contributed by atoms with Crippen molar-refractivity contribution in [2.45, 2.75) is 20.1 Å². The first-order chi connectivity index (χ1) is 20.0.